The Bertz CT molecular complexity index is 1030. The van der Waals surface area contributed by atoms with Crippen LogP contribution in [0.3, 0.4) is 0 Å². The molecule has 2 aromatic rings. The zero-order chi connectivity index (χ0) is 21.9. The smallest absolute Gasteiger partial charge is 0.186 e. The molecule has 0 amide bonds. The van der Waals surface area contributed by atoms with E-state index in [1.807, 2.05) is 30.5 Å². The molecule has 2 unspecified atom stereocenters. The van der Waals surface area contributed by atoms with Crippen molar-refractivity contribution in [3.63, 3.8) is 0 Å². The van der Waals surface area contributed by atoms with Crippen LogP contribution in [0.4, 0.5) is 5.13 Å². The van der Waals surface area contributed by atoms with Gasteiger partial charge in [0, 0.05) is 43.2 Å². The van der Waals surface area contributed by atoms with Gasteiger partial charge in [0.25, 0.3) is 0 Å². The highest BCUT2D eigenvalue weighted by Gasteiger charge is 2.31. The fourth-order valence-electron chi connectivity index (χ4n) is 4.73. The molecule has 1 aromatic carbocycles. The number of fused-ring (bicyclic) bond motifs is 1. The zero-order valence-corrected chi connectivity index (χ0v) is 19.2. The van der Waals surface area contributed by atoms with E-state index in [1.165, 1.54) is 25.7 Å². The summed E-state index contributed by atoms with van der Waals surface area (Å²) in [5.74, 6) is 2.31. The first-order valence-electron chi connectivity index (χ1n) is 11.6. The number of aliphatic imine (C=N–C) groups is 1. The van der Waals surface area contributed by atoms with Crippen LogP contribution >= 0.6 is 11.3 Å². The molecule has 0 bridgehead atoms. The molecule has 6 nitrogen and oxygen atoms in total. The second-order valence-electron chi connectivity index (χ2n) is 9.17. The van der Waals surface area contributed by atoms with E-state index in [0.717, 1.165) is 77.3 Å². The van der Waals surface area contributed by atoms with Gasteiger partial charge in [0.15, 0.2) is 5.13 Å². The van der Waals surface area contributed by atoms with Crippen molar-refractivity contribution < 1.29 is 0 Å². The first-order valence-corrected chi connectivity index (χ1v) is 12.5. The van der Waals surface area contributed by atoms with Crippen molar-refractivity contribution in [1.29, 1.82) is 5.26 Å². The van der Waals surface area contributed by atoms with Gasteiger partial charge in [-0.05, 0) is 68.7 Å². The van der Waals surface area contributed by atoms with Crippen molar-refractivity contribution in [1.82, 2.24) is 10.3 Å². The Kier molecular flexibility index (Phi) is 6.24. The summed E-state index contributed by atoms with van der Waals surface area (Å²) in [6, 6.07) is 9.86. The molecule has 3 N–H and O–H groups in total. The topological polar surface area (TPSA) is 90.3 Å². The van der Waals surface area contributed by atoms with Crippen molar-refractivity contribution in [2.75, 3.05) is 37.6 Å². The molecule has 166 valence electrons. The number of thiazole rings is 1. The summed E-state index contributed by atoms with van der Waals surface area (Å²) in [6.07, 6.45) is 8.56. The molecule has 1 aromatic heterocycles. The minimum Gasteiger partial charge on any atom is -0.404 e. The molecular formula is C25H30N6S. The Morgan fingerprint density at radius 3 is 2.53 bits per heavy atom. The molecule has 5 rings (SSSR count). The lowest BCUT2D eigenvalue weighted by molar-refractivity contribution is 0.409. The molecular weight excluding hydrogens is 416 g/mol. The summed E-state index contributed by atoms with van der Waals surface area (Å²) < 4.78 is 0. The predicted octanol–water partition coefficient (Wildman–Crippen LogP) is 3.90. The highest BCUT2D eigenvalue weighted by Crippen LogP contribution is 2.39. The Hall–Kier alpha value is -2.69. The van der Waals surface area contributed by atoms with Crippen molar-refractivity contribution in [2.24, 2.45) is 28.5 Å². The number of anilines is 1. The maximum Gasteiger partial charge on any atom is 0.186 e. The maximum absolute atomic E-state index is 9.18. The number of nitriles is 1. The largest absolute Gasteiger partial charge is 0.404 e. The summed E-state index contributed by atoms with van der Waals surface area (Å²) in [6.45, 7) is 5.25. The normalized spacial score (nSPS) is 23.8. The third-order valence-corrected chi connectivity index (χ3v) is 8.09. The average molecular weight is 447 g/mol. The number of benzene rings is 1. The van der Waals surface area contributed by atoms with Crippen molar-refractivity contribution >= 4 is 28.3 Å². The van der Waals surface area contributed by atoms with Crippen molar-refractivity contribution in [2.45, 2.75) is 25.7 Å². The van der Waals surface area contributed by atoms with E-state index in [9.17, 15) is 5.26 Å². The van der Waals surface area contributed by atoms with Crippen LogP contribution < -0.4 is 16.0 Å². The summed E-state index contributed by atoms with van der Waals surface area (Å²) in [4.78, 5) is 13.3. The molecule has 2 aliphatic heterocycles. The van der Waals surface area contributed by atoms with Gasteiger partial charge < -0.3 is 16.0 Å². The quantitative estimate of drug-likeness (QED) is 0.657. The SMILES string of the molecule is N#Cc1ccc(-c2nc(N3CCC4CNCC4CC3)sc2C(C=NCC2CC2)=CN)cc1. The number of hydrogen-bond donors (Lipinski definition) is 2. The van der Waals surface area contributed by atoms with Crippen molar-refractivity contribution in [3.05, 3.63) is 40.9 Å². The van der Waals surface area contributed by atoms with Gasteiger partial charge in [0.05, 0.1) is 22.2 Å². The molecule has 7 heteroatoms. The van der Waals surface area contributed by atoms with Crippen LogP contribution in [0.15, 0.2) is 35.5 Å². The first-order chi connectivity index (χ1) is 15.7. The Morgan fingerprint density at radius 1 is 1.19 bits per heavy atom. The van der Waals surface area contributed by atoms with E-state index in [0.29, 0.717) is 5.56 Å². The number of rotatable bonds is 6. The number of hydrogen-bond acceptors (Lipinski definition) is 7. The van der Waals surface area contributed by atoms with Crippen LogP contribution in [-0.2, 0) is 0 Å². The highest BCUT2D eigenvalue weighted by atomic mass is 32.1. The Balaban J connectivity index is 1.46. The minimum absolute atomic E-state index is 0.652. The van der Waals surface area contributed by atoms with Gasteiger partial charge in [-0.25, -0.2) is 4.98 Å². The molecule has 32 heavy (non-hydrogen) atoms. The van der Waals surface area contributed by atoms with Gasteiger partial charge in [-0.3, -0.25) is 4.99 Å². The fraction of sp³-hybridized carbons (Fsp3) is 0.480. The molecule has 3 heterocycles. The minimum atomic E-state index is 0.652. The zero-order valence-electron chi connectivity index (χ0n) is 18.3. The summed E-state index contributed by atoms with van der Waals surface area (Å²) in [5.41, 5.74) is 9.57. The van der Waals surface area contributed by atoms with Gasteiger partial charge >= 0.3 is 0 Å². The third-order valence-electron chi connectivity index (χ3n) is 6.93. The molecule has 2 atom stereocenters. The van der Waals surface area contributed by atoms with Crippen LogP contribution in [0, 0.1) is 29.1 Å². The average Bonchev–Trinajstić information content (AvgIpc) is 3.45. The number of nitrogens with zero attached hydrogens (tertiary/aromatic N) is 4. The summed E-state index contributed by atoms with van der Waals surface area (Å²) in [7, 11) is 0. The van der Waals surface area contributed by atoms with Crippen LogP contribution in [0.25, 0.3) is 16.8 Å². The summed E-state index contributed by atoms with van der Waals surface area (Å²) >= 11 is 1.71. The van der Waals surface area contributed by atoms with Crippen LogP contribution in [0.2, 0.25) is 0 Å². The number of nitrogens with two attached hydrogens (primary N) is 1. The van der Waals surface area contributed by atoms with Gasteiger partial charge in [-0.1, -0.05) is 23.5 Å². The second kappa shape index (κ2) is 9.43. The Morgan fingerprint density at radius 2 is 1.91 bits per heavy atom. The summed E-state index contributed by atoms with van der Waals surface area (Å²) in [5, 5.41) is 13.8. The molecule has 3 aliphatic rings. The molecule has 1 aliphatic carbocycles. The fourth-order valence-corrected chi connectivity index (χ4v) is 5.86. The lowest BCUT2D eigenvalue weighted by Crippen LogP contribution is -2.25. The first kappa shape index (κ1) is 21.2. The molecule has 1 saturated carbocycles. The number of aromatic nitrogens is 1. The lowest BCUT2D eigenvalue weighted by atomic mass is 9.92. The van der Waals surface area contributed by atoms with E-state index >= 15 is 0 Å². The van der Waals surface area contributed by atoms with Gasteiger partial charge in [0.2, 0.25) is 0 Å². The molecule has 2 saturated heterocycles. The third kappa shape index (κ3) is 4.57. The number of nitrogens with one attached hydrogen (secondary N) is 1. The van der Waals surface area contributed by atoms with Crippen LogP contribution in [0.1, 0.15) is 36.1 Å². The Labute approximate surface area is 193 Å². The molecule has 0 spiro atoms. The highest BCUT2D eigenvalue weighted by molar-refractivity contribution is 7.17. The van der Waals surface area contributed by atoms with E-state index in [2.05, 4.69) is 21.3 Å². The predicted molar refractivity (Wildman–Crippen MR) is 132 cm³/mol. The van der Waals surface area contributed by atoms with E-state index in [4.69, 9.17) is 10.7 Å². The van der Waals surface area contributed by atoms with E-state index in [1.54, 1.807) is 17.5 Å². The number of allylic oxidation sites excluding steroid dienone is 1. The van der Waals surface area contributed by atoms with Crippen LogP contribution in [-0.4, -0.2) is 43.9 Å². The van der Waals surface area contributed by atoms with Gasteiger partial charge in [-0.15, -0.1) is 0 Å². The lowest BCUT2D eigenvalue weighted by Gasteiger charge is -2.19. The second-order valence-corrected chi connectivity index (χ2v) is 10.1. The maximum atomic E-state index is 9.18. The van der Waals surface area contributed by atoms with Gasteiger partial charge in [-0.2, -0.15) is 5.26 Å². The molecule has 3 fully saturated rings. The molecule has 0 radical (unpaired) electrons. The van der Waals surface area contributed by atoms with E-state index < -0.39 is 0 Å². The van der Waals surface area contributed by atoms with Gasteiger partial charge in [0.1, 0.15) is 0 Å². The van der Waals surface area contributed by atoms with Crippen molar-refractivity contribution in [3.8, 4) is 17.3 Å². The van der Waals surface area contributed by atoms with E-state index in [-0.39, 0.29) is 0 Å². The standard InChI is InChI=1S/C25H30N6S/c26-11-17-3-5-19(6-4-17)23-24(22(12-27)16-28-13-18-1-2-18)32-25(30-23)31-9-7-20-14-29-15-21(20)8-10-31/h3-6,12,16,18,20-21,29H,1-2,7-10,13-15,27H2. The van der Waals surface area contributed by atoms with Crippen LogP contribution in [0.5, 0.6) is 0 Å². The monoisotopic (exact) mass is 446 g/mol.